The highest BCUT2D eigenvalue weighted by atomic mass is 32.2. The van der Waals surface area contributed by atoms with E-state index in [0.717, 1.165) is 4.90 Å². The number of carbonyl (C=O) groups excluding carboxylic acids is 3. The number of nitrogens with zero attached hydrogens (tertiary/aromatic N) is 1. The normalized spacial score (nSPS) is 25.8. The number of thioether (sulfide) groups is 1. The third-order valence-corrected chi connectivity index (χ3v) is 8.08. The molecular formula is C27H30N2O8S. The summed E-state index contributed by atoms with van der Waals surface area (Å²) in [5.74, 6) is -0.695. The molecule has 11 heteroatoms. The maximum atomic E-state index is 14.1. The van der Waals surface area contributed by atoms with Gasteiger partial charge in [-0.05, 0) is 36.6 Å². The van der Waals surface area contributed by atoms with Gasteiger partial charge in [-0.25, -0.2) is 4.90 Å². The molecule has 2 fully saturated rings. The van der Waals surface area contributed by atoms with E-state index in [1.165, 1.54) is 14.2 Å². The molecule has 202 valence electrons. The summed E-state index contributed by atoms with van der Waals surface area (Å²) < 4.78 is 27.5. The van der Waals surface area contributed by atoms with E-state index in [1.807, 2.05) is 6.26 Å². The van der Waals surface area contributed by atoms with Crippen molar-refractivity contribution in [3.63, 3.8) is 0 Å². The second-order valence-corrected chi connectivity index (χ2v) is 10.3. The van der Waals surface area contributed by atoms with E-state index >= 15 is 0 Å². The number of nitrogens with one attached hydrogen (secondary N) is 1. The molecule has 0 aromatic heterocycles. The zero-order chi connectivity index (χ0) is 27.0. The number of anilines is 1. The largest absolute Gasteiger partial charge is 0.497 e. The molecule has 2 amide bonds. The Morgan fingerprint density at radius 1 is 1.05 bits per heavy atom. The SMILES string of the molecule is COC(=O)[C@]1(CCSC)N[C@H](c2ccc(OC)cc2OC)[C@H]2C(=O)N(c3ccc4c(c3)OCCO4)C(=O)[C@H]21. The Morgan fingerprint density at radius 3 is 2.50 bits per heavy atom. The maximum absolute atomic E-state index is 14.1. The molecule has 3 aliphatic rings. The molecule has 2 aromatic rings. The van der Waals surface area contributed by atoms with Crippen molar-refractivity contribution in [1.29, 1.82) is 0 Å². The molecule has 3 heterocycles. The van der Waals surface area contributed by atoms with Gasteiger partial charge in [0.25, 0.3) is 0 Å². The number of hydrogen-bond donors (Lipinski definition) is 1. The van der Waals surface area contributed by atoms with Crippen molar-refractivity contribution >= 4 is 35.2 Å². The van der Waals surface area contributed by atoms with Crippen LogP contribution in [-0.4, -0.2) is 69.9 Å². The number of esters is 1. The molecular weight excluding hydrogens is 512 g/mol. The zero-order valence-electron chi connectivity index (χ0n) is 21.6. The van der Waals surface area contributed by atoms with Crippen LogP contribution in [0.25, 0.3) is 0 Å². The highest BCUT2D eigenvalue weighted by Gasteiger charge is 2.69. The van der Waals surface area contributed by atoms with E-state index in [1.54, 1.807) is 55.3 Å². The van der Waals surface area contributed by atoms with E-state index in [-0.39, 0.29) is 0 Å². The Balaban J connectivity index is 1.64. The van der Waals surface area contributed by atoms with Gasteiger partial charge < -0.3 is 23.7 Å². The van der Waals surface area contributed by atoms with Gasteiger partial charge in [-0.2, -0.15) is 11.8 Å². The minimum absolute atomic E-state index is 0.297. The van der Waals surface area contributed by atoms with Crippen LogP contribution < -0.4 is 29.2 Å². The van der Waals surface area contributed by atoms with E-state index in [4.69, 9.17) is 23.7 Å². The number of methoxy groups -OCH3 is 3. The molecule has 10 nitrogen and oxygen atoms in total. The number of imide groups is 1. The summed E-state index contributed by atoms with van der Waals surface area (Å²) in [6.07, 6.45) is 2.22. The first kappa shape index (κ1) is 26.2. The van der Waals surface area contributed by atoms with Crippen molar-refractivity contribution in [1.82, 2.24) is 5.32 Å². The summed E-state index contributed by atoms with van der Waals surface area (Å²) in [5, 5.41) is 3.38. The van der Waals surface area contributed by atoms with Crippen LogP contribution in [-0.2, 0) is 19.1 Å². The van der Waals surface area contributed by atoms with Crippen molar-refractivity contribution in [3.8, 4) is 23.0 Å². The molecule has 0 aliphatic carbocycles. The van der Waals surface area contributed by atoms with Crippen LogP contribution >= 0.6 is 11.8 Å². The molecule has 1 N–H and O–H groups in total. The smallest absolute Gasteiger partial charge is 0.326 e. The molecule has 38 heavy (non-hydrogen) atoms. The van der Waals surface area contributed by atoms with Gasteiger partial charge in [-0.15, -0.1) is 0 Å². The molecule has 0 unspecified atom stereocenters. The van der Waals surface area contributed by atoms with Crippen molar-refractivity contribution in [2.24, 2.45) is 11.8 Å². The number of benzene rings is 2. The van der Waals surface area contributed by atoms with Gasteiger partial charge in [0.05, 0.1) is 38.9 Å². The van der Waals surface area contributed by atoms with E-state index < -0.39 is 41.2 Å². The van der Waals surface area contributed by atoms with Gasteiger partial charge in [-0.1, -0.05) is 6.07 Å². The lowest BCUT2D eigenvalue weighted by atomic mass is 9.77. The fourth-order valence-corrected chi connectivity index (χ4v) is 6.26. The van der Waals surface area contributed by atoms with E-state index in [0.29, 0.717) is 59.6 Å². The monoisotopic (exact) mass is 542 g/mol. The third-order valence-electron chi connectivity index (χ3n) is 7.46. The summed E-state index contributed by atoms with van der Waals surface area (Å²) in [7, 11) is 4.36. The zero-order valence-corrected chi connectivity index (χ0v) is 22.5. The summed E-state index contributed by atoms with van der Waals surface area (Å²) in [4.78, 5) is 42.8. The van der Waals surface area contributed by atoms with Crippen molar-refractivity contribution < 1.29 is 38.1 Å². The summed E-state index contributed by atoms with van der Waals surface area (Å²) >= 11 is 1.54. The van der Waals surface area contributed by atoms with Crippen LogP contribution in [0.2, 0.25) is 0 Å². The first-order valence-electron chi connectivity index (χ1n) is 12.2. The molecule has 3 aliphatic heterocycles. The van der Waals surface area contributed by atoms with Gasteiger partial charge in [0.1, 0.15) is 30.3 Å². The Morgan fingerprint density at radius 2 is 1.82 bits per heavy atom. The predicted molar refractivity (Wildman–Crippen MR) is 140 cm³/mol. The number of rotatable bonds is 8. The predicted octanol–water partition coefficient (Wildman–Crippen LogP) is 2.59. The molecule has 2 saturated heterocycles. The van der Waals surface area contributed by atoms with Crippen LogP contribution in [0.4, 0.5) is 5.69 Å². The molecule has 0 radical (unpaired) electrons. The Kier molecular flexibility index (Phi) is 7.15. The number of hydrogen-bond acceptors (Lipinski definition) is 10. The Labute approximate surface area is 224 Å². The Hall–Kier alpha value is -3.44. The average Bonchev–Trinajstić information content (AvgIpc) is 3.44. The molecule has 0 saturated carbocycles. The first-order valence-corrected chi connectivity index (χ1v) is 13.6. The van der Waals surface area contributed by atoms with Gasteiger partial charge >= 0.3 is 5.97 Å². The first-order chi connectivity index (χ1) is 18.4. The minimum atomic E-state index is -1.41. The number of carbonyl (C=O) groups is 3. The standard InChI is InChI=1S/C27H30N2O8S/c1-33-16-6-7-17(19(14-16)34-2)23-21-22(27(28-23,9-12-38-4)26(32)35-3)25(31)29(24(21)30)15-5-8-18-20(13-15)37-11-10-36-18/h5-8,13-14,21-23,28H,9-12H2,1-4H3/t21-,22-,23+,27+/m0/s1. The second kappa shape index (κ2) is 10.4. The van der Waals surface area contributed by atoms with E-state index in [2.05, 4.69) is 5.32 Å². The maximum Gasteiger partial charge on any atom is 0.326 e. The van der Waals surface area contributed by atoms with Crippen LogP contribution in [0.1, 0.15) is 18.0 Å². The third kappa shape index (κ3) is 4.04. The minimum Gasteiger partial charge on any atom is -0.497 e. The molecule has 0 bridgehead atoms. The molecule has 5 rings (SSSR count). The fraction of sp³-hybridized carbons (Fsp3) is 0.444. The lowest BCUT2D eigenvalue weighted by Gasteiger charge is -2.32. The van der Waals surface area contributed by atoms with Gasteiger partial charge in [-0.3, -0.25) is 19.7 Å². The second-order valence-electron chi connectivity index (χ2n) is 9.28. The van der Waals surface area contributed by atoms with Crippen LogP contribution in [0.5, 0.6) is 23.0 Å². The topological polar surface area (TPSA) is 113 Å². The molecule has 0 spiro atoms. The van der Waals surface area contributed by atoms with Crippen molar-refractivity contribution in [3.05, 3.63) is 42.0 Å². The fourth-order valence-electron chi connectivity index (χ4n) is 5.74. The summed E-state index contributed by atoms with van der Waals surface area (Å²) in [6.45, 7) is 0.791. The molecule has 4 atom stereocenters. The molecule has 2 aromatic carbocycles. The Bertz CT molecular complexity index is 1270. The van der Waals surface area contributed by atoms with Gasteiger partial charge in [0.2, 0.25) is 11.8 Å². The quantitative estimate of drug-likeness (QED) is 0.395. The average molecular weight is 543 g/mol. The van der Waals surface area contributed by atoms with E-state index in [9.17, 15) is 14.4 Å². The number of amides is 2. The van der Waals surface area contributed by atoms with Crippen LogP contribution in [0, 0.1) is 11.8 Å². The van der Waals surface area contributed by atoms with Gasteiger partial charge in [0, 0.05) is 23.7 Å². The number of ether oxygens (including phenoxy) is 5. The summed E-state index contributed by atoms with van der Waals surface area (Å²) in [5.41, 5.74) is -0.404. The van der Waals surface area contributed by atoms with Crippen LogP contribution in [0.3, 0.4) is 0 Å². The van der Waals surface area contributed by atoms with Crippen LogP contribution in [0.15, 0.2) is 36.4 Å². The van der Waals surface area contributed by atoms with Gasteiger partial charge in [0.15, 0.2) is 11.5 Å². The van der Waals surface area contributed by atoms with Crippen molar-refractivity contribution in [2.75, 3.05) is 51.5 Å². The highest BCUT2D eigenvalue weighted by molar-refractivity contribution is 7.98. The summed E-state index contributed by atoms with van der Waals surface area (Å²) in [6, 6.07) is 9.54. The highest BCUT2D eigenvalue weighted by Crippen LogP contribution is 2.53. The number of fused-ring (bicyclic) bond motifs is 2. The van der Waals surface area contributed by atoms with Crippen molar-refractivity contribution in [2.45, 2.75) is 18.0 Å². The lowest BCUT2D eigenvalue weighted by Crippen LogP contribution is -2.56. The lowest BCUT2D eigenvalue weighted by molar-refractivity contribution is -0.152.